The third-order valence-electron chi connectivity index (χ3n) is 4.48. The lowest BCUT2D eigenvalue weighted by Gasteiger charge is -2.32. The smallest absolute Gasteiger partial charge is 0.304 e. The van der Waals surface area contributed by atoms with Crippen LogP contribution in [-0.4, -0.2) is 42.2 Å². The number of halogens is 1. The van der Waals surface area contributed by atoms with Crippen molar-refractivity contribution in [3.8, 4) is 11.5 Å². The molecule has 1 aliphatic rings. The summed E-state index contributed by atoms with van der Waals surface area (Å²) in [5, 5.41) is 8.84. The van der Waals surface area contributed by atoms with Crippen molar-refractivity contribution in [2.75, 3.05) is 26.2 Å². The zero-order valence-corrected chi connectivity index (χ0v) is 16.5. The number of rotatable bonds is 6. The maximum atomic E-state index is 10.8. The summed E-state index contributed by atoms with van der Waals surface area (Å²) in [6, 6.07) is 14.1. The van der Waals surface area contributed by atoms with Crippen LogP contribution in [0.4, 0.5) is 0 Å². The number of ether oxygens (including phenoxy) is 2. The van der Waals surface area contributed by atoms with Gasteiger partial charge in [0.05, 0.1) is 19.1 Å². The third kappa shape index (κ3) is 6.24. The highest BCUT2D eigenvalue weighted by atomic mass is 35.5. The van der Waals surface area contributed by atoms with Crippen molar-refractivity contribution in [2.45, 2.75) is 26.4 Å². The average Bonchev–Trinajstić information content (AvgIpc) is 2.60. The van der Waals surface area contributed by atoms with Gasteiger partial charge >= 0.3 is 5.97 Å². The van der Waals surface area contributed by atoms with E-state index in [1.807, 2.05) is 36.4 Å². The Balaban J connectivity index is 0.00000261. The number of morpholine rings is 1. The number of nitrogens with zero attached hydrogens (tertiary/aromatic N) is 1. The molecule has 6 heteroatoms. The van der Waals surface area contributed by atoms with E-state index in [1.165, 1.54) is 11.1 Å². The second-order valence-electron chi connectivity index (χ2n) is 6.80. The van der Waals surface area contributed by atoms with Gasteiger partial charge in [-0.3, -0.25) is 9.69 Å². The molecule has 0 saturated carbocycles. The monoisotopic (exact) mass is 391 g/mol. The van der Waals surface area contributed by atoms with Crippen molar-refractivity contribution in [3.05, 3.63) is 59.2 Å². The first-order chi connectivity index (χ1) is 12.5. The van der Waals surface area contributed by atoms with Crippen LogP contribution in [0.25, 0.3) is 0 Å². The molecule has 2 aromatic rings. The van der Waals surface area contributed by atoms with Crippen molar-refractivity contribution in [1.82, 2.24) is 4.90 Å². The Labute approximate surface area is 166 Å². The Morgan fingerprint density at radius 2 is 1.81 bits per heavy atom. The lowest BCUT2D eigenvalue weighted by molar-refractivity contribution is -0.137. The number of carbonyl (C=O) groups is 1. The molecule has 0 spiro atoms. The van der Waals surface area contributed by atoms with Crippen LogP contribution in [0.1, 0.15) is 29.2 Å². The van der Waals surface area contributed by atoms with E-state index in [2.05, 4.69) is 24.8 Å². The fraction of sp³-hybridized carbons (Fsp3) is 0.381. The predicted octanol–water partition coefficient (Wildman–Crippen LogP) is 4.37. The second-order valence-corrected chi connectivity index (χ2v) is 6.80. The fourth-order valence-electron chi connectivity index (χ4n) is 3.24. The summed E-state index contributed by atoms with van der Waals surface area (Å²) in [5.41, 5.74) is 3.43. The van der Waals surface area contributed by atoms with Gasteiger partial charge in [0.1, 0.15) is 11.5 Å². The highest BCUT2D eigenvalue weighted by molar-refractivity contribution is 5.85. The molecule has 27 heavy (non-hydrogen) atoms. The molecule has 0 radical (unpaired) electrons. The summed E-state index contributed by atoms with van der Waals surface area (Å²) in [6.07, 6.45) is 0.128. The van der Waals surface area contributed by atoms with Gasteiger partial charge in [0.15, 0.2) is 0 Å². The van der Waals surface area contributed by atoms with Crippen molar-refractivity contribution in [3.63, 3.8) is 0 Å². The number of carboxylic acids is 1. The number of aliphatic carboxylic acids is 1. The van der Waals surface area contributed by atoms with E-state index in [4.69, 9.17) is 14.6 Å². The molecule has 1 atom stereocenters. The van der Waals surface area contributed by atoms with Crippen molar-refractivity contribution >= 4 is 18.4 Å². The number of hydrogen-bond acceptors (Lipinski definition) is 4. The van der Waals surface area contributed by atoms with Crippen LogP contribution in [-0.2, 0) is 9.53 Å². The molecule has 1 unspecified atom stereocenters. The molecule has 1 heterocycles. The minimum absolute atomic E-state index is 0. The number of hydrogen-bond donors (Lipinski definition) is 1. The van der Waals surface area contributed by atoms with Crippen molar-refractivity contribution < 1.29 is 19.4 Å². The van der Waals surface area contributed by atoms with Crippen molar-refractivity contribution in [2.24, 2.45) is 0 Å². The van der Waals surface area contributed by atoms with Crippen molar-refractivity contribution in [1.29, 1.82) is 0 Å². The molecule has 146 valence electrons. The quantitative estimate of drug-likeness (QED) is 0.792. The lowest BCUT2D eigenvalue weighted by Crippen LogP contribution is -2.39. The van der Waals surface area contributed by atoms with Crippen LogP contribution in [0.3, 0.4) is 0 Å². The fourth-order valence-corrected chi connectivity index (χ4v) is 3.24. The van der Waals surface area contributed by atoms with Gasteiger partial charge < -0.3 is 14.6 Å². The molecule has 5 nitrogen and oxygen atoms in total. The van der Waals surface area contributed by atoms with Crippen LogP contribution >= 0.6 is 12.4 Å². The summed E-state index contributed by atoms with van der Waals surface area (Å²) in [7, 11) is 0. The molecular formula is C21H26ClNO4. The van der Waals surface area contributed by atoms with E-state index in [-0.39, 0.29) is 24.9 Å². The van der Waals surface area contributed by atoms with Crippen LogP contribution in [0, 0.1) is 13.8 Å². The van der Waals surface area contributed by atoms with Gasteiger partial charge in [0, 0.05) is 19.6 Å². The molecule has 1 N–H and O–H groups in total. The molecule has 3 rings (SSSR count). The molecule has 0 amide bonds. The zero-order chi connectivity index (χ0) is 18.5. The van der Waals surface area contributed by atoms with Crippen LogP contribution in [0.15, 0.2) is 42.5 Å². The largest absolute Gasteiger partial charge is 0.481 e. The van der Waals surface area contributed by atoms with Crippen LogP contribution in [0.5, 0.6) is 11.5 Å². The van der Waals surface area contributed by atoms with Gasteiger partial charge in [-0.05, 0) is 54.8 Å². The Hall–Kier alpha value is -2.08. The molecule has 0 bridgehead atoms. The summed E-state index contributed by atoms with van der Waals surface area (Å²) >= 11 is 0. The summed E-state index contributed by atoms with van der Waals surface area (Å²) < 4.78 is 11.8. The average molecular weight is 392 g/mol. The van der Waals surface area contributed by atoms with E-state index in [9.17, 15) is 4.79 Å². The molecule has 2 aromatic carbocycles. The first-order valence-electron chi connectivity index (χ1n) is 8.91. The molecule has 1 fully saturated rings. The standard InChI is InChI=1S/C21H25NO4.ClH/c1-15-11-16(2)13-19(12-15)26-18-5-3-17(4-6-18)20-14-22(9-10-25-20)8-7-21(23)24;/h3-6,11-13,20H,7-10,14H2,1-2H3,(H,23,24);1H. The maximum Gasteiger partial charge on any atom is 0.304 e. The van der Waals surface area contributed by atoms with E-state index in [0.717, 1.165) is 23.6 Å². The number of aryl methyl sites for hydroxylation is 2. The van der Waals surface area contributed by atoms with E-state index < -0.39 is 5.97 Å². The van der Waals surface area contributed by atoms with Gasteiger partial charge in [0.2, 0.25) is 0 Å². The minimum atomic E-state index is -0.763. The zero-order valence-electron chi connectivity index (χ0n) is 15.7. The highest BCUT2D eigenvalue weighted by Gasteiger charge is 2.22. The van der Waals surface area contributed by atoms with Gasteiger partial charge in [-0.15, -0.1) is 12.4 Å². The second kappa shape index (κ2) is 9.74. The third-order valence-corrected chi connectivity index (χ3v) is 4.48. The molecule has 0 aromatic heterocycles. The Kier molecular flexibility index (Phi) is 7.66. The van der Waals surface area contributed by atoms with E-state index >= 15 is 0 Å². The summed E-state index contributed by atoms with van der Waals surface area (Å²) in [5.74, 6) is 0.863. The maximum absolute atomic E-state index is 10.8. The van der Waals surface area contributed by atoms with Crippen LogP contribution in [0.2, 0.25) is 0 Å². The normalized spacial score (nSPS) is 17.2. The molecule has 1 saturated heterocycles. The van der Waals surface area contributed by atoms with Crippen LogP contribution < -0.4 is 4.74 Å². The molecule has 1 aliphatic heterocycles. The molecular weight excluding hydrogens is 366 g/mol. The van der Waals surface area contributed by atoms with Gasteiger partial charge in [-0.1, -0.05) is 18.2 Å². The SMILES string of the molecule is Cc1cc(C)cc(Oc2ccc(C3CN(CCC(=O)O)CCO3)cc2)c1.Cl. The topological polar surface area (TPSA) is 59.0 Å². The van der Waals surface area contributed by atoms with Gasteiger partial charge in [-0.25, -0.2) is 0 Å². The number of benzene rings is 2. The molecule has 0 aliphatic carbocycles. The van der Waals surface area contributed by atoms with Gasteiger partial charge in [-0.2, -0.15) is 0 Å². The Morgan fingerprint density at radius 3 is 2.44 bits per heavy atom. The number of carboxylic acid groups (broad SMARTS) is 1. The Morgan fingerprint density at radius 1 is 1.15 bits per heavy atom. The van der Waals surface area contributed by atoms with E-state index in [1.54, 1.807) is 0 Å². The van der Waals surface area contributed by atoms with Gasteiger partial charge in [0.25, 0.3) is 0 Å². The summed E-state index contributed by atoms with van der Waals surface area (Å²) in [6.45, 7) is 6.77. The van der Waals surface area contributed by atoms with E-state index in [0.29, 0.717) is 19.7 Å². The highest BCUT2D eigenvalue weighted by Crippen LogP contribution is 2.27. The predicted molar refractivity (Wildman–Crippen MR) is 107 cm³/mol. The summed E-state index contributed by atoms with van der Waals surface area (Å²) in [4.78, 5) is 12.9. The first kappa shape index (κ1) is 21.2. The lowest BCUT2D eigenvalue weighted by atomic mass is 10.1. The first-order valence-corrected chi connectivity index (χ1v) is 8.91. The minimum Gasteiger partial charge on any atom is -0.481 e. The Bertz CT molecular complexity index is 743.